The van der Waals surface area contributed by atoms with Gasteiger partial charge in [-0.05, 0) is 12.3 Å². The van der Waals surface area contributed by atoms with Gasteiger partial charge in [0.2, 0.25) is 11.9 Å². The summed E-state index contributed by atoms with van der Waals surface area (Å²) in [6.07, 6.45) is 2.09. The number of anilines is 1. The number of nitrogen functional groups attached to an aromatic ring is 1. The molecule has 0 fully saturated rings. The highest BCUT2D eigenvalue weighted by Crippen LogP contribution is 1.98. The fraction of sp³-hybridized carbons (Fsp3) is 0.667. The van der Waals surface area contributed by atoms with Gasteiger partial charge < -0.3 is 16.2 Å². The van der Waals surface area contributed by atoms with E-state index in [0.717, 1.165) is 0 Å². The molecular formula is C9H17N5O2. The van der Waals surface area contributed by atoms with E-state index < -0.39 is 0 Å². The molecule has 7 nitrogen and oxygen atoms in total. The van der Waals surface area contributed by atoms with Crippen molar-refractivity contribution in [3.63, 3.8) is 0 Å². The number of aromatic nitrogens is 3. The van der Waals surface area contributed by atoms with E-state index >= 15 is 0 Å². The first-order chi connectivity index (χ1) is 7.61. The van der Waals surface area contributed by atoms with Crippen LogP contribution in [-0.2, 0) is 11.3 Å². The molecular weight excluding hydrogens is 210 g/mol. The van der Waals surface area contributed by atoms with Crippen LogP contribution in [0.25, 0.3) is 0 Å². The third-order valence-corrected chi connectivity index (χ3v) is 2.13. The number of nitrogens with two attached hydrogens (primary N) is 1. The number of nitrogens with one attached hydrogen (secondary N) is 1. The van der Waals surface area contributed by atoms with Crippen molar-refractivity contribution in [1.82, 2.24) is 20.1 Å². The van der Waals surface area contributed by atoms with Gasteiger partial charge >= 0.3 is 0 Å². The molecule has 0 bridgehead atoms. The summed E-state index contributed by atoms with van der Waals surface area (Å²) in [6, 6.07) is 0. The molecule has 1 atom stereocenters. The lowest BCUT2D eigenvalue weighted by Gasteiger charge is -2.10. The normalized spacial score (nSPS) is 12.4. The van der Waals surface area contributed by atoms with Gasteiger partial charge in [-0.15, -0.1) is 5.10 Å². The maximum atomic E-state index is 11.4. The van der Waals surface area contributed by atoms with Gasteiger partial charge in [0.05, 0.1) is 0 Å². The third kappa shape index (κ3) is 4.26. The highest BCUT2D eigenvalue weighted by molar-refractivity contribution is 5.75. The van der Waals surface area contributed by atoms with E-state index in [2.05, 4.69) is 15.4 Å². The van der Waals surface area contributed by atoms with Crippen LogP contribution in [0.1, 0.15) is 13.3 Å². The largest absolute Gasteiger partial charge is 0.396 e. The number of aliphatic hydroxyl groups is 1. The molecule has 0 aromatic carbocycles. The first-order valence-electron chi connectivity index (χ1n) is 5.14. The fourth-order valence-corrected chi connectivity index (χ4v) is 1.20. The van der Waals surface area contributed by atoms with E-state index in [-0.39, 0.29) is 30.9 Å². The van der Waals surface area contributed by atoms with Crippen LogP contribution in [0.2, 0.25) is 0 Å². The highest BCUT2D eigenvalue weighted by atomic mass is 16.3. The zero-order chi connectivity index (χ0) is 12.0. The van der Waals surface area contributed by atoms with Crippen LogP contribution in [-0.4, -0.2) is 38.9 Å². The predicted molar refractivity (Wildman–Crippen MR) is 58.3 cm³/mol. The summed E-state index contributed by atoms with van der Waals surface area (Å²) < 4.78 is 1.38. The number of hydrogen-bond donors (Lipinski definition) is 3. The number of aliphatic hydroxyl groups excluding tert-OH is 1. The molecule has 7 heteroatoms. The predicted octanol–water partition coefficient (Wildman–Crippen LogP) is -1.00. The van der Waals surface area contributed by atoms with Crippen LogP contribution in [0.4, 0.5) is 5.95 Å². The van der Waals surface area contributed by atoms with Crippen LogP contribution < -0.4 is 11.1 Å². The van der Waals surface area contributed by atoms with Crippen molar-refractivity contribution >= 4 is 11.9 Å². The summed E-state index contributed by atoms with van der Waals surface area (Å²) in [5.74, 6) is 0.269. The standard InChI is InChI=1S/C9H17N5O2/c1-7(2-3-15)4-11-8(16)5-14-6-12-9(10)13-14/h6-7,15H,2-5H2,1H3,(H2,10,13)(H,11,16). The Balaban J connectivity index is 2.26. The number of carbonyl (C=O) groups is 1. The molecule has 0 spiro atoms. The van der Waals surface area contributed by atoms with Gasteiger partial charge in [0.1, 0.15) is 12.9 Å². The van der Waals surface area contributed by atoms with E-state index in [1.54, 1.807) is 0 Å². The first kappa shape index (κ1) is 12.4. The number of carbonyl (C=O) groups excluding carboxylic acids is 1. The zero-order valence-electron chi connectivity index (χ0n) is 9.26. The summed E-state index contributed by atoms with van der Waals surface area (Å²) >= 11 is 0. The van der Waals surface area contributed by atoms with Crippen molar-refractivity contribution in [3.05, 3.63) is 6.33 Å². The maximum Gasteiger partial charge on any atom is 0.241 e. The van der Waals surface area contributed by atoms with E-state index in [1.807, 2.05) is 6.92 Å². The molecule has 0 aliphatic rings. The Morgan fingerprint density at radius 2 is 2.50 bits per heavy atom. The number of amides is 1. The number of rotatable bonds is 6. The lowest BCUT2D eigenvalue weighted by Crippen LogP contribution is -2.31. The van der Waals surface area contributed by atoms with Gasteiger partial charge in [0.25, 0.3) is 0 Å². The molecule has 90 valence electrons. The molecule has 1 rings (SSSR count). The minimum Gasteiger partial charge on any atom is -0.396 e. The molecule has 16 heavy (non-hydrogen) atoms. The molecule has 0 aliphatic heterocycles. The summed E-state index contributed by atoms with van der Waals surface area (Å²) in [5.41, 5.74) is 5.31. The van der Waals surface area contributed by atoms with E-state index in [1.165, 1.54) is 11.0 Å². The topological polar surface area (TPSA) is 106 Å². The monoisotopic (exact) mass is 227 g/mol. The second-order valence-corrected chi connectivity index (χ2v) is 3.72. The van der Waals surface area contributed by atoms with Crippen molar-refractivity contribution < 1.29 is 9.90 Å². The van der Waals surface area contributed by atoms with Gasteiger partial charge in [-0.1, -0.05) is 6.92 Å². The molecule has 0 radical (unpaired) electrons. The smallest absolute Gasteiger partial charge is 0.241 e. The molecule has 0 saturated carbocycles. The molecule has 1 heterocycles. The molecule has 4 N–H and O–H groups in total. The van der Waals surface area contributed by atoms with E-state index in [4.69, 9.17) is 10.8 Å². The Kier molecular flexibility index (Phi) is 4.71. The van der Waals surface area contributed by atoms with Crippen LogP contribution >= 0.6 is 0 Å². The van der Waals surface area contributed by atoms with Crippen LogP contribution in [0, 0.1) is 5.92 Å². The summed E-state index contributed by atoms with van der Waals surface area (Å²) in [4.78, 5) is 15.1. The first-order valence-corrected chi connectivity index (χ1v) is 5.14. The molecule has 1 unspecified atom stereocenters. The maximum absolute atomic E-state index is 11.4. The van der Waals surface area contributed by atoms with Gasteiger partial charge in [0.15, 0.2) is 0 Å². The average Bonchev–Trinajstić information content (AvgIpc) is 2.61. The Hall–Kier alpha value is -1.63. The summed E-state index contributed by atoms with van der Waals surface area (Å²) in [7, 11) is 0. The Bertz CT molecular complexity index is 338. The van der Waals surface area contributed by atoms with Gasteiger partial charge in [0, 0.05) is 13.2 Å². The summed E-state index contributed by atoms with van der Waals surface area (Å²) in [5, 5.41) is 15.2. The molecule has 1 amide bonds. The van der Waals surface area contributed by atoms with Gasteiger partial charge in [-0.2, -0.15) is 0 Å². The lowest BCUT2D eigenvalue weighted by molar-refractivity contribution is -0.122. The lowest BCUT2D eigenvalue weighted by atomic mass is 10.1. The minimum absolute atomic E-state index is 0.107. The van der Waals surface area contributed by atoms with Crippen molar-refractivity contribution in [2.45, 2.75) is 19.9 Å². The number of nitrogens with zero attached hydrogens (tertiary/aromatic N) is 3. The van der Waals surface area contributed by atoms with E-state index in [9.17, 15) is 4.79 Å². The molecule has 0 saturated heterocycles. The van der Waals surface area contributed by atoms with Crippen LogP contribution in [0.15, 0.2) is 6.33 Å². The quantitative estimate of drug-likeness (QED) is 0.577. The Morgan fingerprint density at radius 3 is 3.06 bits per heavy atom. The van der Waals surface area contributed by atoms with E-state index in [0.29, 0.717) is 13.0 Å². The number of hydrogen-bond acceptors (Lipinski definition) is 5. The van der Waals surface area contributed by atoms with Gasteiger partial charge in [-0.3, -0.25) is 4.79 Å². The SMILES string of the molecule is CC(CCO)CNC(=O)Cn1cnc(N)n1. The average molecular weight is 227 g/mol. The molecule has 1 aromatic rings. The van der Waals surface area contributed by atoms with Crippen LogP contribution in [0.5, 0.6) is 0 Å². The zero-order valence-corrected chi connectivity index (χ0v) is 9.26. The van der Waals surface area contributed by atoms with Gasteiger partial charge in [-0.25, -0.2) is 9.67 Å². The van der Waals surface area contributed by atoms with Crippen LogP contribution in [0.3, 0.4) is 0 Å². The van der Waals surface area contributed by atoms with Crippen molar-refractivity contribution in [2.75, 3.05) is 18.9 Å². The van der Waals surface area contributed by atoms with Crippen molar-refractivity contribution in [1.29, 1.82) is 0 Å². The second kappa shape index (κ2) is 6.06. The fourth-order valence-electron chi connectivity index (χ4n) is 1.20. The third-order valence-electron chi connectivity index (χ3n) is 2.13. The Labute approximate surface area is 93.7 Å². The minimum atomic E-state index is -0.144. The van der Waals surface area contributed by atoms with Crippen molar-refractivity contribution in [2.24, 2.45) is 5.92 Å². The summed E-state index contributed by atoms with van der Waals surface area (Å²) in [6.45, 7) is 2.75. The highest BCUT2D eigenvalue weighted by Gasteiger charge is 2.06. The molecule has 0 aliphatic carbocycles. The second-order valence-electron chi connectivity index (χ2n) is 3.72. The van der Waals surface area contributed by atoms with Crippen molar-refractivity contribution in [3.8, 4) is 0 Å². The Morgan fingerprint density at radius 1 is 1.75 bits per heavy atom. The molecule has 1 aromatic heterocycles.